The van der Waals surface area contributed by atoms with Crippen molar-refractivity contribution in [2.75, 3.05) is 7.11 Å². The normalized spacial score (nSPS) is 12.9. The van der Waals surface area contributed by atoms with Gasteiger partial charge < -0.3 is 9.47 Å². The smallest absolute Gasteiger partial charge is 0.387 e. The number of aromatic nitrogens is 1. The van der Waals surface area contributed by atoms with Gasteiger partial charge in [-0.05, 0) is 29.8 Å². The summed E-state index contributed by atoms with van der Waals surface area (Å²) in [7, 11) is 1.54. The Kier molecular flexibility index (Phi) is 7.87. The van der Waals surface area contributed by atoms with E-state index in [4.69, 9.17) is 4.74 Å². The molecule has 0 radical (unpaired) electrons. The van der Waals surface area contributed by atoms with E-state index in [1.807, 2.05) is 6.07 Å². The molecular weight excluding hydrogens is 474 g/mol. The number of para-hydroxylation sites is 1. The van der Waals surface area contributed by atoms with Crippen molar-refractivity contribution >= 4 is 28.8 Å². The Bertz CT molecular complexity index is 1440. The second-order valence-electron chi connectivity index (χ2n) is 8.64. The standard InChI is InChI=1S/C26H24F2N2O4S/c1-26(2,3)22(31)19(14-29)24-30(15-16-9-11-18(33-4)12-10-16)23(32)21(35-24)13-17-7-5-6-8-20(17)34-25(27)28/h5-13,25H,15H2,1-4H3/b21-13+,24-19-. The summed E-state index contributed by atoms with van der Waals surface area (Å²) in [4.78, 5) is 26.5. The summed E-state index contributed by atoms with van der Waals surface area (Å²) in [5.74, 6) is 0.148. The van der Waals surface area contributed by atoms with Crippen molar-refractivity contribution < 1.29 is 23.0 Å². The number of ketones is 1. The highest BCUT2D eigenvalue weighted by Gasteiger charge is 2.27. The number of alkyl halides is 2. The van der Waals surface area contributed by atoms with E-state index in [2.05, 4.69) is 4.74 Å². The topological polar surface area (TPSA) is 81.3 Å². The number of hydrogen-bond acceptors (Lipinski definition) is 6. The molecule has 35 heavy (non-hydrogen) atoms. The number of carbonyl (C=O) groups excluding carboxylic acids is 1. The van der Waals surface area contributed by atoms with Gasteiger partial charge in [-0.2, -0.15) is 14.0 Å². The molecule has 3 aromatic rings. The van der Waals surface area contributed by atoms with Gasteiger partial charge in [-0.1, -0.05) is 51.1 Å². The quantitative estimate of drug-likeness (QED) is 0.496. The van der Waals surface area contributed by atoms with Gasteiger partial charge in [0, 0.05) is 11.0 Å². The van der Waals surface area contributed by atoms with Gasteiger partial charge >= 0.3 is 6.61 Å². The van der Waals surface area contributed by atoms with E-state index in [9.17, 15) is 23.6 Å². The molecule has 0 N–H and O–H groups in total. The number of thiazole rings is 1. The third kappa shape index (κ3) is 6.03. The zero-order valence-electron chi connectivity index (χ0n) is 19.7. The van der Waals surface area contributed by atoms with E-state index in [1.54, 1.807) is 70.3 Å². The first-order chi connectivity index (χ1) is 16.5. The summed E-state index contributed by atoms with van der Waals surface area (Å²) in [6.45, 7) is 2.14. The van der Waals surface area contributed by atoms with E-state index < -0.39 is 23.4 Å². The molecule has 1 heterocycles. The summed E-state index contributed by atoms with van der Waals surface area (Å²) >= 11 is 0.959. The number of halogens is 2. The Morgan fingerprint density at radius 3 is 2.40 bits per heavy atom. The lowest BCUT2D eigenvalue weighted by molar-refractivity contribution is -0.120. The van der Waals surface area contributed by atoms with Gasteiger partial charge in [0.05, 0.1) is 18.2 Å². The van der Waals surface area contributed by atoms with Crippen LogP contribution in [0.3, 0.4) is 0 Å². The van der Waals surface area contributed by atoms with Crippen LogP contribution in [-0.2, 0) is 11.3 Å². The lowest BCUT2D eigenvalue weighted by Crippen LogP contribution is -2.34. The average Bonchev–Trinajstić information content (AvgIpc) is 3.10. The lowest BCUT2D eigenvalue weighted by atomic mass is 9.87. The van der Waals surface area contributed by atoms with Crippen LogP contribution in [0.1, 0.15) is 31.9 Å². The SMILES string of the molecule is COc1ccc(Cn2c(=O)/c(=C\c3ccccc3OC(F)F)s/c2=C(/C#N)C(=O)C(C)(C)C)cc1. The molecule has 0 unspecified atom stereocenters. The van der Waals surface area contributed by atoms with Gasteiger partial charge in [0.15, 0.2) is 5.78 Å². The fourth-order valence-electron chi connectivity index (χ4n) is 3.28. The second-order valence-corrected chi connectivity index (χ2v) is 9.67. The van der Waals surface area contributed by atoms with Gasteiger partial charge in [-0.15, -0.1) is 11.3 Å². The van der Waals surface area contributed by atoms with Crippen molar-refractivity contribution in [3.05, 3.63) is 79.2 Å². The van der Waals surface area contributed by atoms with Gasteiger partial charge in [0.1, 0.15) is 27.8 Å². The van der Waals surface area contributed by atoms with Crippen molar-refractivity contribution in [1.82, 2.24) is 4.57 Å². The molecule has 0 fully saturated rings. The first-order valence-electron chi connectivity index (χ1n) is 10.6. The Morgan fingerprint density at radius 1 is 1.17 bits per heavy atom. The van der Waals surface area contributed by atoms with Crippen LogP contribution in [0, 0.1) is 16.7 Å². The number of ether oxygens (including phenoxy) is 2. The van der Waals surface area contributed by atoms with Crippen LogP contribution in [0.5, 0.6) is 11.5 Å². The van der Waals surface area contributed by atoms with Crippen LogP contribution >= 0.6 is 11.3 Å². The van der Waals surface area contributed by atoms with Crippen LogP contribution in [0.2, 0.25) is 0 Å². The summed E-state index contributed by atoms with van der Waals surface area (Å²) in [6, 6.07) is 15.1. The Morgan fingerprint density at radius 2 is 1.83 bits per heavy atom. The highest BCUT2D eigenvalue weighted by molar-refractivity contribution is 7.07. The van der Waals surface area contributed by atoms with Crippen LogP contribution in [0.15, 0.2) is 53.3 Å². The van der Waals surface area contributed by atoms with Gasteiger partial charge in [-0.25, -0.2) is 0 Å². The number of Topliss-reactive ketones (excluding diaryl/α,β-unsaturated/α-hetero) is 1. The minimum atomic E-state index is -3.03. The molecule has 6 nitrogen and oxygen atoms in total. The highest BCUT2D eigenvalue weighted by Crippen LogP contribution is 2.21. The number of benzene rings is 2. The summed E-state index contributed by atoms with van der Waals surface area (Å²) in [6.07, 6.45) is 1.43. The summed E-state index contributed by atoms with van der Waals surface area (Å²) < 4.78 is 37.2. The molecule has 2 aromatic carbocycles. The number of rotatable bonds is 7. The first kappa shape index (κ1) is 25.8. The van der Waals surface area contributed by atoms with E-state index in [-0.39, 0.29) is 32.6 Å². The molecule has 3 rings (SSSR count). The number of carbonyl (C=O) groups is 1. The number of methoxy groups -OCH3 is 1. The Balaban J connectivity index is 2.29. The molecule has 0 aliphatic carbocycles. The van der Waals surface area contributed by atoms with E-state index >= 15 is 0 Å². The minimum absolute atomic E-state index is 0.0891. The van der Waals surface area contributed by atoms with Crippen molar-refractivity contribution in [3.8, 4) is 17.6 Å². The first-order valence-corrected chi connectivity index (χ1v) is 11.4. The lowest BCUT2D eigenvalue weighted by Gasteiger charge is -2.15. The fourth-order valence-corrected chi connectivity index (χ4v) is 4.37. The molecule has 0 spiro atoms. The van der Waals surface area contributed by atoms with Crippen LogP contribution < -0.4 is 24.2 Å². The third-order valence-corrected chi connectivity index (χ3v) is 6.19. The Labute approximate surface area is 205 Å². The molecular formula is C26H24F2N2O4S. The summed E-state index contributed by atoms with van der Waals surface area (Å²) in [5.41, 5.74) is -0.417. The maximum atomic E-state index is 13.4. The number of nitriles is 1. The van der Waals surface area contributed by atoms with Gasteiger partial charge in [0.25, 0.3) is 5.56 Å². The van der Waals surface area contributed by atoms with Crippen molar-refractivity contribution in [2.24, 2.45) is 5.41 Å². The molecule has 0 saturated carbocycles. The predicted molar refractivity (Wildman–Crippen MR) is 130 cm³/mol. The molecule has 0 aliphatic heterocycles. The molecule has 9 heteroatoms. The minimum Gasteiger partial charge on any atom is -0.497 e. The van der Waals surface area contributed by atoms with Gasteiger partial charge in [0.2, 0.25) is 0 Å². The van der Waals surface area contributed by atoms with Gasteiger partial charge in [-0.3, -0.25) is 14.2 Å². The average molecular weight is 499 g/mol. The van der Waals surface area contributed by atoms with Crippen molar-refractivity contribution in [3.63, 3.8) is 0 Å². The van der Waals surface area contributed by atoms with E-state index in [1.165, 1.54) is 16.7 Å². The maximum absolute atomic E-state index is 13.4. The van der Waals surface area contributed by atoms with Crippen LogP contribution in [-0.4, -0.2) is 24.1 Å². The zero-order valence-corrected chi connectivity index (χ0v) is 20.5. The van der Waals surface area contributed by atoms with Crippen molar-refractivity contribution in [2.45, 2.75) is 33.9 Å². The monoisotopic (exact) mass is 498 g/mol. The number of nitrogens with zero attached hydrogens (tertiary/aromatic N) is 2. The summed E-state index contributed by atoms with van der Waals surface area (Å²) in [5, 5.41) is 9.86. The zero-order chi connectivity index (χ0) is 25.8. The number of hydrogen-bond donors (Lipinski definition) is 0. The molecule has 0 bridgehead atoms. The Hall–Kier alpha value is -3.77. The molecule has 0 saturated heterocycles. The van der Waals surface area contributed by atoms with E-state index in [0.717, 1.165) is 16.9 Å². The van der Waals surface area contributed by atoms with Crippen LogP contribution in [0.25, 0.3) is 11.6 Å². The predicted octanol–water partition coefficient (Wildman–Crippen LogP) is 3.69. The molecule has 0 amide bonds. The van der Waals surface area contributed by atoms with E-state index in [0.29, 0.717) is 5.75 Å². The molecule has 0 atom stereocenters. The molecule has 1 aromatic heterocycles. The largest absolute Gasteiger partial charge is 0.497 e. The third-order valence-electron chi connectivity index (χ3n) is 5.06. The fraction of sp³-hybridized carbons (Fsp3) is 0.269. The molecule has 0 aliphatic rings. The molecule has 182 valence electrons. The second kappa shape index (κ2) is 10.7. The highest BCUT2D eigenvalue weighted by atomic mass is 32.1. The maximum Gasteiger partial charge on any atom is 0.387 e. The van der Waals surface area contributed by atoms with Crippen LogP contribution in [0.4, 0.5) is 8.78 Å². The van der Waals surface area contributed by atoms with Crippen molar-refractivity contribution in [1.29, 1.82) is 5.26 Å².